The first kappa shape index (κ1) is 14.0. The van der Waals surface area contributed by atoms with Crippen LogP contribution in [0.1, 0.15) is 26.7 Å². The molecule has 1 aliphatic heterocycles. The summed E-state index contributed by atoms with van der Waals surface area (Å²) in [7, 11) is 1.40. The van der Waals surface area contributed by atoms with Crippen molar-refractivity contribution in [3.8, 4) is 0 Å². The Kier molecular flexibility index (Phi) is 5.41. The van der Waals surface area contributed by atoms with Crippen molar-refractivity contribution in [2.75, 3.05) is 26.8 Å². The van der Waals surface area contributed by atoms with Gasteiger partial charge in [-0.3, -0.25) is 9.59 Å². The molecule has 1 saturated heterocycles. The lowest BCUT2D eigenvalue weighted by Crippen LogP contribution is -2.42. The van der Waals surface area contributed by atoms with Crippen LogP contribution in [0.2, 0.25) is 0 Å². The van der Waals surface area contributed by atoms with Crippen molar-refractivity contribution in [2.24, 2.45) is 5.92 Å². The Bertz CT molecular complexity index is 270. The van der Waals surface area contributed by atoms with Crippen LogP contribution < -0.4 is 0 Å². The van der Waals surface area contributed by atoms with Crippen LogP contribution in [0.4, 0.5) is 0 Å². The summed E-state index contributed by atoms with van der Waals surface area (Å²) in [4.78, 5) is 24.8. The van der Waals surface area contributed by atoms with E-state index in [1.165, 1.54) is 7.11 Å². The number of rotatable bonds is 4. The van der Waals surface area contributed by atoms with Gasteiger partial charge in [0.25, 0.3) is 0 Å². The van der Waals surface area contributed by atoms with Crippen molar-refractivity contribution in [2.45, 2.75) is 32.8 Å². The summed E-state index contributed by atoms with van der Waals surface area (Å²) in [6.45, 7) is 5.15. The highest BCUT2D eigenvalue weighted by molar-refractivity contribution is 5.78. The van der Waals surface area contributed by atoms with E-state index in [9.17, 15) is 9.59 Å². The van der Waals surface area contributed by atoms with Crippen LogP contribution in [0, 0.1) is 5.92 Å². The molecule has 1 amide bonds. The zero-order valence-corrected chi connectivity index (χ0v) is 10.8. The van der Waals surface area contributed by atoms with Crippen molar-refractivity contribution in [3.05, 3.63) is 0 Å². The molecule has 17 heavy (non-hydrogen) atoms. The number of hydrogen-bond acceptors (Lipinski definition) is 4. The first-order valence-electron chi connectivity index (χ1n) is 6.01. The number of hydrogen-bond donors (Lipinski definition) is 0. The molecule has 0 aliphatic carbocycles. The fraction of sp³-hybridized carbons (Fsp3) is 0.833. The molecule has 1 fully saturated rings. The molecule has 1 rings (SSSR count). The first-order chi connectivity index (χ1) is 8.04. The van der Waals surface area contributed by atoms with E-state index in [0.717, 1.165) is 0 Å². The molecule has 0 radical (unpaired) electrons. The zero-order chi connectivity index (χ0) is 12.8. The monoisotopic (exact) mass is 243 g/mol. The third-order valence-electron chi connectivity index (χ3n) is 2.92. The summed E-state index contributed by atoms with van der Waals surface area (Å²) in [6, 6.07) is 0. The van der Waals surface area contributed by atoms with Gasteiger partial charge in [0.05, 0.1) is 19.1 Å². The van der Waals surface area contributed by atoms with Gasteiger partial charge in [-0.15, -0.1) is 0 Å². The number of ether oxygens (including phenoxy) is 2. The fourth-order valence-electron chi connectivity index (χ4n) is 1.86. The van der Waals surface area contributed by atoms with Gasteiger partial charge in [0.2, 0.25) is 5.91 Å². The summed E-state index contributed by atoms with van der Waals surface area (Å²) in [5, 5.41) is 0. The lowest BCUT2D eigenvalue weighted by Gasteiger charge is -2.30. The Labute approximate surface area is 102 Å². The third-order valence-corrected chi connectivity index (χ3v) is 2.92. The lowest BCUT2D eigenvalue weighted by atomic mass is 9.97. The Morgan fingerprint density at radius 2 is 1.88 bits per heavy atom. The van der Waals surface area contributed by atoms with Gasteiger partial charge in [-0.25, -0.2) is 0 Å². The van der Waals surface area contributed by atoms with Crippen molar-refractivity contribution >= 4 is 11.9 Å². The topological polar surface area (TPSA) is 55.8 Å². The van der Waals surface area contributed by atoms with E-state index in [1.807, 2.05) is 13.8 Å². The number of amides is 1. The van der Waals surface area contributed by atoms with Crippen LogP contribution in [0.15, 0.2) is 0 Å². The summed E-state index contributed by atoms with van der Waals surface area (Å²) < 4.78 is 9.97. The number of methoxy groups -OCH3 is 1. The molecule has 0 bridgehead atoms. The fourth-order valence-corrected chi connectivity index (χ4v) is 1.86. The number of esters is 1. The summed E-state index contributed by atoms with van der Waals surface area (Å²) in [5.74, 6) is -0.229. The minimum atomic E-state index is -0.171. The normalized spacial score (nSPS) is 17.3. The molecule has 0 N–H and O–H groups in total. The quantitative estimate of drug-likeness (QED) is 0.686. The summed E-state index contributed by atoms with van der Waals surface area (Å²) in [6.07, 6.45) is 1.42. The summed E-state index contributed by atoms with van der Waals surface area (Å²) in [5.41, 5.74) is 0. The van der Waals surface area contributed by atoms with Gasteiger partial charge in [-0.1, -0.05) is 0 Å². The second-order valence-electron chi connectivity index (χ2n) is 4.54. The predicted molar refractivity (Wildman–Crippen MR) is 62.4 cm³/mol. The smallest absolute Gasteiger partial charge is 0.308 e. The van der Waals surface area contributed by atoms with Gasteiger partial charge < -0.3 is 14.4 Å². The molecule has 5 heteroatoms. The maximum absolute atomic E-state index is 11.7. The van der Waals surface area contributed by atoms with E-state index >= 15 is 0 Å². The summed E-state index contributed by atoms with van der Waals surface area (Å²) >= 11 is 0. The second-order valence-corrected chi connectivity index (χ2v) is 4.54. The number of carbonyl (C=O) groups excluding carboxylic acids is 2. The molecule has 0 unspecified atom stereocenters. The largest absolute Gasteiger partial charge is 0.469 e. The Balaban J connectivity index is 2.31. The first-order valence-corrected chi connectivity index (χ1v) is 6.01. The number of carbonyl (C=O) groups is 2. The third kappa shape index (κ3) is 4.34. The molecule has 0 aromatic heterocycles. The molecule has 0 saturated carbocycles. The molecule has 0 atom stereocenters. The lowest BCUT2D eigenvalue weighted by molar-refractivity contribution is -0.150. The Morgan fingerprint density at radius 1 is 1.29 bits per heavy atom. The average Bonchev–Trinajstić information content (AvgIpc) is 2.35. The van der Waals surface area contributed by atoms with Crippen LogP contribution in [0.3, 0.4) is 0 Å². The van der Waals surface area contributed by atoms with Crippen LogP contribution >= 0.6 is 0 Å². The van der Waals surface area contributed by atoms with Gasteiger partial charge in [-0.05, 0) is 26.7 Å². The van der Waals surface area contributed by atoms with E-state index in [-0.39, 0.29) is 30.5 Å². The van der Waals surface area contributed by atoms with Crippen LogP contribution in [-0.2, 0) is 19.1 Å². The van der Waals surface area contributed by atoms with Gasteiger partial charge in [-0.2, -0.15) is 0 Å². The van der Waals surface area contributed by atoms with Crippen molar-refractivity contribution in [1.82, 2.24) is 4.90 Å². The van der Waals surface area contributed by atoms with Crippen molar-refractivity contribution < 1.29 is 19.1 Å². The SMILES string of the molecule is COC(=O)C1CCN(C(=O)COC(C)C)CC1. The van der Waals surface area contributed by atoms with Crippen LogP contribution in [0.25, 0.3) is 0 Å². The minimum Gasteiger partial charge on any atom is -0.469 e. The van der Waals surface area contributed by atoms with E-state index in [0.29, 0.717) is 25.9 Å². The van der Waals surface area contributed by atoms with Gasteiger partial charge in [0.15, 0.2) is 0 Å². The molecular weight excluding hydrogens is 222 g/mol. The molecular formula is C12H21NO4. The molecule has 0 spiro atoms. The van der Waals surface area contributed by atoms with E-state index in [1.54, 1.807) is 4.90 Å². The maximum atomic E-state index is 11.7. The molecule has 0 aromatic rings. The minimum absolute atomic E-state index is 0.00187. The molecule has 98 valence electrons. The molecule has 0 aromatic carbocycles. The van der Waals surface area contributed by atoms with Crippen molar-refractivity contribution in [1.29, 1.82) is 0 Å². The molecule has 1 aliphatic rings. The highest BCUT2D eigenvalue weighted by Gasteiger charge is 2.27. The number of nitrogens with zero attached hydrogens (tertiary/aromatic N) is 1. The second kappa shape index (κ2) is 6.59. The van der Waals surface area contributed by atoms with Crippen LogP contribution in [-0.4, -0.2) is 49.7 Å². The highest BCUT2D eigenvalue weighted by Crippen LogP contribution is 2.18. The maximum Gasteiger partial charge on any atom is 0.308 e. The average molecular weight is 243 g/mol. The van der Waals surface area contributed by atoms with Crippen LogP contribution in [0.5, 0.6) is 0 Å². The van der Waals surface area contributed by atoms with Gasteiger partial charge in [0, 0.05) is 13.1 Å². The Morgan fingerprint density at radius 3 is 2.35 bits per heavy atom. The standard InChI is InChI=1S/C12H21NO4/c1-9(2)17-8-11(14)13-6-4-10(5-7-13)12(15)16-3/h9-10H,4-8H2,1-3H3. The molecule has 5 nitrogen and oxygen atoms in total. The zero-order valence-electron chi connectivity index (χ0n) is 10.8. The predicted octanol–water partition coefficient (Wildman–Crippen LogP) is 0.823. The highest BCUT2D eigenvalue weighted by atomic mass is 16.5. The molecule has 1 heterocycles. The Hall–Kier alpha value is -1.10. The van der Waals surface area contributed by atoms with E-state index in [2.05, 4.69) is 0 Å². The van der Waals surface area contributed by atoms with E-state index in [4.69, 9.17) is 9.47 Å². The number of likely N-dealkylation sites (tertiary alicyclic amines) is 1. The number of piperidine rings is 1. The van der Waals surface area contributed by atoms with E-state index < -0.39 is 0 Å². The van der Waals surface area contributed by atoms with Gasteiger partial charge >= 0.3 is 5.97 Å². The van der Waals surface area contributed by atoms with Gasteiger partial charge in [0.1, 0.15) is 6.61 Å². The van der Waals surface area contributed by atoms with Crippen molar-refractivity contribution in [3.63, 3.8) is 0 Å².